The molecule has 3 heterocycles. The van der Waals surface area contributed by atoms with E-state index in [9.17, 15) is 9.18 Å². The molecule has 0 saturated carbocycles. The minimum atomic E-state index is -0.478. The zero-order chi connectivity index (χ0) is 20.5. The Kier molecular flexibility index (Phi) is 5.56. The monoisotopic (exact) mass is 457 g/mol. The number of hydrogen-bond acceptors (Lipinski definition) is 5. The summed E-state index contributed by atoms with van der Waals surface area (Å²) in [5.41, 5.74) is 0.668. The number of piperazine rings is 1. The molecule has 0 bridgehead atoms. The second kappa shape index (κ2) is 8.12. The van der Waals surface area contributed by atoms with E-state index < -0.39 is 5.82 Å². The number of nitrogens with one attached hydrogen (secondary N) is 1. The van der Waals surface area contributed by atoms with E-state index in [1.54, 1.807) is 23.1 Å². The van der Waals surface area contributed by atoms with Crippen molar-refractivity contribution in [2.24, 2.45) is 0 Å². The van der Waals surface area contributed by atoms with E-state index in [2.05, 4.69) is 50.8 Å². The molecular formula is C20H21AsFN5O2. The van der Waals surface area contributed by atoms with Gasteiger partial charge in [-0.1, -0.05) is 0 Å². The SMILES string of the molecule is CC(C)N1CCN(C(=O)c2[nH]nc3nccc(Oc4ccc([As])cc4F)c23)CC1. The normalized spacial score (nSPS) is 15.3. The summed E-state index contributed by atoms with van der Waals surface area (Å²) >= 11 is 2.28. The molecule has 2 aromatic heterocycles. The number of aromatic amines is 1. The van der Waals surface area contributed by atoms with Gasteiger partial charge in [-0.25, -0.2) is 0 Å². The summed E-state index contributed by atoms with van der Waals surface area (Å²) in [5.74, 6) is -0.215. The zero-order valence-electron chi connectivity index (χ0n) is 16.2. The van der Waals surface area contributed by atoms with Crippen molar-refractivity contribution < 1.29 is 13.9 Å². The van der Waals surface area contributed by atoms with Crippen LogP contribution < -0.4 is 9.09 Å². The van der Waals surface area contributed by atoms with Crippen molar-refractivity contribution in [3.05, 3.63) is 42.0 Å². The number of ether oxygens (including phenoxy) is 1. The van der Waals surface area contributed by atoms with Crippen LogP contribution in [0.5, 0.6) is 11.5 Å². The van der Waals surface area contributed by atoms with Crippen molar-refractivity contribution in [1.82, 2.24) is 25.0 Å². The molecule has 1 aromatic carbocycles. The van der Waals surface area contributed by atoms with E-state index in [0.717, 1.165) is 17.4 Å². The van der Waals surface area contributed by atoms with Crippen molar-refractivity contribution in [2.75, 3.05) is 26.2 Å². The van der Waals surface area contributed by atoms with Crippen molar-refractivity contribution in [3.63, 3.8) is 0 Å². The molecule has 4 rings (SSSR count). The van der Waals surface area contributed by atoms with Crippen LogP contribution >= 0.6 is 0 Å². The van der Waals surface area contributed by atoms with Crippen LogP contribution in [-0.2, 0) is 0 Å². The fourth-order valence-corrected chi connectivity index (χ4v) is 3.84. The van der Waals surface area contributed by atoms with Gasteiger partial charge in [-0.3, -0.25) is 4.90 Å². The Labute approximate surface area is 176 Å². The number of aromatic nitrogens is 3. The number of rotatable bonds is 4. The van der Waals surface area contributed by atoms with Gasteiger partial charge in [0.15, 0.2) is 0 Å². The van der Waals surface area contributed by atoms with Crippen LogP contribution in [0.3, 0.4) is 0 Å². The summed E-state index contributed by atoms with van der Waals surface area (Å²) in [6.45, 7) is 7.22. The first-order valence-corrected chi connectivity index (χ1v) is 10.4. The Hall–Kier alpha value is -2.44. The number of pyridine rings is 1. The van der Waals surface area contributed by atoms with Gasteiger partial charge in [-0.2, -0.15) is 0 Å². The molecule has 1 aliphatic rings. The van der Waals surface area contributed by atoms with E-state index in [1.807, 2.05) is 0 Å². The summed E-state index contributed by atoms with van der Waals surface area (Å²) < 4.78 is 20.8. The molecular weight excluding hydrogens is 436 g/mol. The average Bonchev–Trinajstić information content (AvgIpc) is 3.15. The molecule has 7 nitrogen and oxygen atoms in total. The van der Waals surface area contributed by atoms with Crippen LogP contribution in [0.2, 0.25) is 0 Å². The molecule has 1 aliphatic heterocycles. The third kappa shape index (κ3) is 4.00. The molecule has 0 atom stereocenters. The number of benzene rings is 1. The number of hydrogen-bond donors (Lipinski definition) is 1. The van der Waals surface area contributed by atoms with Crippen molar-refractivity contribution in [1.29, 1.82) is 0 Å². The number of carbonyl (C=O) groups excluding carboxylic acids is 1. The van der Waals surface area contributed by atoms with Gasteiger partial charge < -0.3 is 0 Å². The van der Waals surface area contributed by atoms with E-state index >= 15 is 0 Å². The maximum atomic E-state index is 14.3. The molecule has 150 valence electrons. The van der Waals surface area contributed by atoms with Crippen LogP contribution in [0.15, 0.2) is 30.5 Å². The van der Waals surface area contributed by atoms with Crippen LogP contribution in [0, 0.1) is 5.82 Å². The summed E-state index contributed by atoms with van der Waals surface area (Å²) in [4.78, 5) is 21.5. The van der Waals surface area contributed by atoms with E-state index in [1.165, 1.54) is 12.3 Å². The Morgan fingerprint density at radius 1 is 1.21 bits per heavy atom. The quantitative estimate of drug-likeness (QED) is 0.606. The number of halogens is 1. The van der Waals surface area contributed by atoms with Gasteiger partial charge >= 0.3 is 152 Å². The molecule has 1 saturated heterocycles. The molecule has 29 heavy (non-hydrogen) atoms. The van der Waals surface area contributed by atoms with Gasteiger partial charge in [0.1, 0.15) is 0 Å². The molecule has 1 N–H and O–H groups in total. The second-order valence-electron chi connectivity index (χ2n) is 7.25. The Bertz CT molecular complexity index is 1050. The topological polar surface area (TPSA) is 74.4 Å². The van der Waals surface area contributed by atoms with Crippen molar-refractivity contribution in [2.45, 2.75) is 19.9 Å². The van der Waals surface area contributed by atoms with E-state index in [4.69, 9.17) is 4.74 Å². The molecule has 2 radical (unpaired) electrons. The standard InChI is InChI=1S/C20H21AsFN5O2/c1-12(2)26-7-9-27(10-8-26)20(28)18-17-16(5-6-23-19(17)25-24-18)29-15-4-3-13(21)11-14(15)22/h3-6,11-12H,7-10H2,1-2H3,(H,23,24,25). The zero-order valence-corrected chi connectivity index (χ0v) is 18.1. The van der Waals surface area contributed by atoms with Gasteiger partial charge in [0.2, 0.25) is 0 Å². The van der Waals surface area contributed by atoms with E-state index in [0.29, 0.717) is 41.6 Å². The van der Waals surface area contributed by atoms with Crippen molar-refractivity contribution in [3.8, 4) is 11.5 Å². The molecule has 0 spiro atoms. The first-order valence-electron chi connectivity index (χ1n) is 9.47. The maximum absolute atomic E-state index is 14.3. The summed E-state index contributed by atoms with van der Waals surface area (Å²) in [7, 11) is 0. The number of fused-ring (bicyclic) bond motifs is 1. The predicted octanol–water partition coefficient (Wildman–Crippen LogP) is 1.85. The summed E-state index contributed by atoms with van der Waals surface area (Å²) in [6, 6.07) is 6.74. The number of carbonyl (C=O) groups is 1. The third-order valence-corrected chi connectivity index (χ3v) is 5.68. The van der Waals surface area contributed by atoms with Gasteiger partial charge in [-0.15, -0.1) is 0 Å². The molecule has 0 aliphatic carbocycles. The fraction of sp³-hybridized carbons (Fsp3) is 0.350. The number of amides is 1. The molecule has 3 aromatic rings. The van der Waals surface area contributed by atoms with Crippen LogP contribution in [0.4, 0.5) is 4.39 Å². The average molecular weight is 457 g/mol. The molecule has 0 unspecified atom stereocenters. The summed E-state index contributed by atoms with van der Waals surface area (Å²) in [5, 5.41) is 7.41. The molecule has 9 heteroatoms. The molecule has 1 amide bonds. The minimum absolute atomic E-state index is 0.0810. The first kappa shape index (κ1) is 19.9. The van der Waals surface area contributed by atoms with Crippen LogP contribution in [0.25, 0.3) is 11.0 Å². The van der Waals surface area contributed by atoms with Crippen molar-refractivity contribution >= 4 is 38.1 Å². The van der Waals surface area contributed by atoms with Gasteiger partial charge in [0, 0.05) is 6.04 Å². The number of nitrogens with zero attached hydrogens (tertiary/aromatic N) is 4. The number of H-pyrrole nitrogens is 1. The van der Waals surface area contributed by atoms with Gasteiger partial charge in [0.25, 0.3) is 0 Å². The Balaban J connectivity index is 1.63. The van der Waals surface area contributed by atoms with Gasteiger partial charge in [-0.05, 0) is 13.8 Å². The van der Waals surface area contributed by atoms with Gasteiger partial charge in [0.05, 0.1) is 0 Å². The fourth-order valence-electron chi connectivity index (χ4n) is 3.45. The van der Waals surface area contributed by atoms with Crippen LogP contribution in [0.1, 0.15) is 24.3 Å². The first-order chi connectivity index (χ1) is 13.9. The molecule has 1 fully saturated rings. The second-order valence-corrected chi connectivity index (χ2v) is 8.33. The predicted molar refractivity (Wildman–Crippen MR) is 108 cm³/mol. The Morgan fingerprint density at radius 2 is 1.97 bits per heavy atom. The third-order valence-electron chi connectivity index (χ3n) is 5.10. The van der Waals surface area contributed by atoms with E-state index in [-0.39, 0.29) is 11.7 Å². The van der Waals surface area contributed by atoms with Crippen LogP contribution in [-0.4, -0.2) is 80.0 Å². The summed E-state index contributed by atoms with van der Waals surface area (Å²) in [6.07, 6.45) is 1.52. The Morgan fingerprint density at radius 3 is 2.66 bits per heavy atom.